The fourth-order valence-electron chi connectivity index (χ4n) is 1.45. The number of nitrogens with zero attached hydrogens (tertiary/aromatic N) is 1. The van der Waals surface area contributed by atoms with Gasteiger partial charge in [-0.1, -0.05) is 6.07 Å². The largest absolute Gasteiger partial charge is 0.296 e. The summed E-state index contributed by atoms with van der Waals surface area (Å²) < 4.78 is 13.0. The zero-order valence-electron chi connectivity index (χ0n) is 7.62. The first-order valence-corrected chi connectivity index (χ1v) is 4.23. The summed E-state index contributed by atoms with van der Waals surface area (Å²) in [7, 11) is 0. The molecule has 1 aromatic carbocycles. The van der Waals surface area contributed by atoms with E-state index in [0.29, 0.717) is 22.9 Å². The van der Waals surface area contributed by atoms with Crippen LogP contribution in [-0.2, 0) is 0 Å². The lowest BCUT2D eigenvalue weighted by molar-refractivity contribution is 0.111. The Morgan fingerprint density at radius 1 is 1.36 bits per heavy atom. The number of rotatable bonds is 1. The van der Waals surface area contributed by atoms with Gasteiger partial charge in [-0.15, -0.1) is 0 Å². The molecular formula is C11H8FNO. The quantitative estimate of drug-likeness (QED) is 0.645. The molecule has 2 nitrogen and oxygen atoms in total. The van der Waals surface area contributed by atoms with Gasteiger partial charge in [0, 0.05) is 5.39 Å². The van der Waals surface area contributed by atoms with Crippen LogP contribution in [0, 0.1) is 12.7 Å². The third-order valence-electron chi connectivity index (χ3n) is 2.09. The van der Waals surface area contributed by atoms with Gasteiger partial charge >= 0.3 is 0 Å². The van der Waals surface area contributed by atoms with Crippen LogP contribution in [0.4, 0.5) is 4.39 Å². The first-order valence-electron chi connectivity index (χ1n) is 4.23. The van der Waals surface area contributed by atoms with Gasteiger partial charge in [-0.05, 0) is 30.7 Å². The van der Waals surface area contributed by atoms with Crippen molar-refractivity contribution < 1.29 is 9.18 Å². The summed E-state index contributed by atoms with van der Waals surface area (Å²) in [6, 6.07) is 6.09. The molecule has 0 radical (unpaired) electrons. The van der Waals surface area contributed by atoms with Crippen LogP contribution in [0.2, 0.25) is 0 Å². The summed E-state index contributed by atoms with van der Waals surface area (Å²) in [5, 5.41) is 0.716. The number of carbonyl (C=O) groups excluding carboxylic acids is 1. The lowest BCUT2D eigenvalue weighted by Crippen LogP contribution is -1.90. The predicted molar refractivity (Wildman–Crippen MR) is 51.8 cm³/mol. The minimum atomic E-state index is -0.282. The van der Waals surface area contributed by atoms with Crippen LogP contribution < -0.4 is 0 Å². The predicted octanol–water partition coefficient (Wildman–Crippen LogP) is 2.49. The van der Waals surface area contributed by atoms with Crippen LogP contribution in [0.5, 0.6) is 0 Å². The van der Waals surface area contributed by atoms with E-state index in [9.17, 15) is 9.18 Å². The first-order chi connectivity index (χ1) is 6.70. The highest BCUT2D eigenvalue weighted by Gasteiger charge is 2.02. The Kier molecular flexibility index (Phi) is 2.00. The molecule has 2 aromatic rings. The Hall–Kier alpha value is -1.77. The molecule has 0 atom stereocenters. The number of hydrogen-bond acceptors (Lipinski definition) is 2. The Balaban J connectivity index is 2.81. The molecule has 2 rings (SSSR count). The van der Waals surface area contributed by atoms with Crippen molar-refractivity contribution in [2.75, 3.05) is 0 Å². The van der Waals surface area contributed by atoms with Crippen LogP contribution in [0.3, 0.4) is 0 Å². The van der Waals surface area contributed by atoms with E-state index in [1.807, 2.05) is 0 Å². The minimum Gasteiger partial charge on any atom is -0.296 e. The van der Waals surface area contributed by atoms with E-state index in [4.69, 9.17) is 0 Å². The van der Waals surface area contributed by atoms with Crippen LogP contribution >= 0.6 is 0 Å². The highest BCUT2D eigenvalue weighted by molar-refractivity contribution is 5.85. The van der Waals surface area contributed by atoms with E-state index in [-0.39, 0.29) is 5.82 Å². The maximum atomic E-state index is 13.0. The van der Waals surface area contributed by atoms with Crippen LogP contribution in [-0.4, -0.2) is 11.3 Å². The molecule has 14 heavy (non-hydrogen) atoms. The average Bonchev–Trinajstić information content (AvgIpc) is 2.17. The molecule has 0 saturated carbocycles. The van der Waals surface area contributed by atoms with E-state index >= 15 is 0 Å². The molecule has 1 heterocycles. The number of aromatic nitrogens is 1. The SMILES string of the molecule is Cc1cc(F)cc2ccc(C=O)nc12. The Morgan fingerprint density at radius 3 is 2.86 bits per heavy atom. The second-order valence-electron chi connectivity index (χ2n) is 3.15. The summed E-state index contributed by atoms with van der Waals surface area (Å²) >= 11 is 0. The fraction of sp³-hybridized carbons (Fsp3) is 0.0909. The maximum absolute atomic E-state index is 13.0. The number of fused-ring (bicyclic) bond motifs is 1. The van der Waals surface area contributed by atoms with Gasteiger partial charge in [-0.25, -0.2) is 9.37 Å². The smallest absolute Gasteiger partial charge is 0.168 e. The van der Waals surface area contributed by atoms with Crippen molar-refractivity contribution in [3.05, 3.63) is 41.3 Å². The number of hydrogen-bond donors (Lipinski definition) is 0. The Morgan fingerprint density at radius 2 is 2.14 bits per heavy atom. The molecule has 0 N–H and O–H groups in total. The zero-order valence-corrected chi connectivity index (χ0v) is 7.62. The molecule has 0 saturated heterocycles. The van der Waals surface area contributed by atoms with Gasteiger partial charge in [0.15, 0.2) is 6.29 Å². The number of benzene rings is 1. The van der Waals surface area contributed by atoms with Crippen molar-refractivity contribution >= 4 is 17.2 Å². The van der Waals surface area contributed by atoms with Gasteiger partial charge in [0.05, 0.1) is 5.52 Å². The lowest BCUT2D eigenvalue weighted by atomic mass is 10.1. The van der Waals surface area contributed by atoms with Crippen molar-refractivity contribution in [1.29, 1.82) is 0 Å². The van der Waals surface area contributed by atoms with Gasteiger partial charge in [-0.3, -0.25) is 4.79 Å². The normalized spacial score (nSPS) is 10.4. The van der Waals surface area contributed by atoms with Crippen molar-refractivity contribution in [2.24, 2.45) is 0 Å². The topological polar surface area (TPSA) is 30.0 Å². The molecule has 0 amide bonds. The number of aldehydes is 1. The van der Waals surface area contributed by atoms with Crippen molar-refractivity contribution in [3.63, 3.8) is 0 Å². The molecule has 0 unspecified atom stereocenters. The monoisotopic (exact) mass is 189 g/mol. The van der Waals surface area contributed by atoms with E-state index in [0.717, 1.165) is 5.56 Å². The molecule has 0 spiro atoms. The van der Waals surface area contributed by atoms with Gasteiger partial charge in [0.1, 0.15) is 11.5 Å². The van der Waals surface area contributed by atoms with Gasteiger partial charge in [-0.2, -0.15) is 0 Å². The summed E-state index contributed by atoms with van der Waals surface area (Å²) in [4.78, 5) is 14.6. The molecule has 0 aliphatic carbocycles. The molecule has 0 aliphatic heterocycles. The van der Waals surface area contributed by atoms with Crippen molar-refractivity contribution in [2.45, 2.75) is 6.92 Å². The second-order valence-corrected chi connectivity index (χ2v) is 3.15. The van der Waals surface area contributed by atoms with E-state index in [1.165, 1.54) is 12.1 Å². The van der Waals surface area contributed by atoms with Gasteiger partial charge in [0.25, 0.3) is 0 Å². The molecule has 0 bridgehead atoms. The molecule has 70 valence electrons. The van der Waals surface area contributed by atoms with E-state index in [1.54, 1.807) is 19.1 Å². The van der Waals surface area contributed by atoms with Crippen molar-refractivity contribution in [3.8, 4) is 0 Å². The van der Waals surface area contributed by atoms with E-state index in [2.05, 4.69) is 4.98 Å². The summed E-state index contributed by atoms with van der Waals surface area (Å²) in [5.74, 6) is -0.282. The van der Waals surface area contributed by atoms with Crippen LogP contribution in [0.25, 0.3) is 10.9 Å². The molecule has 3 heteroatoms. The van der Waals surface area contributed by atoms with Crippen LogP contribution in [0.15, 0.2) is 24.3 Å². The molecular weight excluding hydrogens is 181 g/mol. The summed E-state index contributed by atoms with van der Waals surface area (Å²) in [6.07, 6.45) is 0.683. The number of pyridine rings is 1. The van der Waals surface area contributed by atoms with E-state index < -0.39 is 0 Å². The summed E-state index contributed by atoms with van der Waals surface area (Å²) in [6.45, 7) is 1.77. The number of halogens is 1. The second kappa shape index (κ2) is 3.18. The third-order valence-corrected chi connectivity index (χ3v) is 2.09. The van der Waals surface area contributed by atoms with Gasteiger partial charge < -0.3 is 0 Å². The number of aryl methyl sites for hydroxylation is 1. The minimum absolute atomic E-state index is 0.282. The summed E-state index contributed by atoms with van der Waals surface area (Å²) in [5.41, 5.74) is 1.78. The highest BCUT2D eigenvalue weighted by atomic mass is 19.1. The molecule has 0 fully saturated rings. The average molecular weight is 189 g/mol. The molecule has 0 aliphatic rings. The zero-order chi connectivity index (χ0) is 10.1. The van der Waals surface area contributed by atoms with Crippen molar-refractivity contribution in [1.82, 2.24) is 4.98 Å². The Bertz CT molecular complexity index is 508. The lowest BCUT2D eigenvalue weighted by Gasteiger charge is -2.01. The van der Waals surface area contributed by atoms with Gasteiger partial charge in [0.2, 0.25) is 0 Å². The number of carbonyl (C=O) groups is 1. The highest BCUT2D eigenvalue weighted by Crippen LogP contribution is 2.18. The Labute approximate surface area is 80.4 Å². The third kappa shape index (κ3) is 1.37. The maximum Gasteiger partial charge on any atom is 0.168 e. The fourth-order valence-corrected chi connectivity index (χ4v) is 1.45. The first kappa shape index (κ1) is 8.81. The standard InChI is InChI=1S/C11H8FNO/c1-7-4-9(12)5-8-2-3-10(6-14)13-11(7)8/h2-6H,1H3. The molecule has 1 aromatic heterocycles. The van der Waals surface area contributed by atoms with Crippen LogP contribution in [0.1, 0.15) is 16.1 Å².